The smallest absolute Gasteiger partial charge is 0.304 e. The van der Waals surface area contributed by atoms with Gasteiger partial charge in [0.05, 0.1) is 6.42 Å². The van der Waals surface area contributed by atoms with E-state index in [1.165, 1.54) is 4.88 Å². The third-order valence-electron chi connectivity index (χ3n) is 2.33. The standard InChI is InChI=1S/C10H15NO2S/c1-7-3-4-8(14-7)10(2,6-11)5-9(12)13/h3-4H,5-6,11H2,1-2H3,(H,12,13). The molecule has 1 rings (SSSR count). The molecule has 3 nitrogen and oxygen atoms in total. The number of carboxylic acids is 1. The Kier molecular flexibility index (Phi) is 3.29. The van der Waals surface area contributed by atoms with Crippen molar-refractivity contribution in [2.45, 2.75) is 25.7 Å². The van der Waals surface area contributed by atoms with E-state index in [-0.39, 0.29) is 6.42 Å². The zero-order chi connectivity index (χ0) is 10.8. The van der Waals surface area contributed by atoms with Gasteiger partial charge in [0.1, 0.15) is 0 Å². The summed E-state index contributed by atoms with van der Waals surface area (Å²) in [6, 6.07) is 3.96. The third kappa shape index (κ3) is 2.33. The molecule has 0 aromatic carbocycles. The molecule has 4 heteroatoms. The van der Waals surface area contributed by atoms with E-state index < -0.39 is 11.4 Å². The molecule has 0 spiro atoms. The molecule has 0 aliphatic rings. The number of thiophene rings is 1. The molecule has 78 valence electrons. The summed E-state index contributed by atoms with van der Waals surface area (Å²) < 4.78 is 0. The lowest BCUT2D eigenvalue weighted by Gasteiger charge is -2.24. The van der Waals surface area contributed by atoms with Gasteiger partial charge >= 0.3 is 5.97 Å². The van der Waals surface area contributed by atoms with E-state index in [1.807, 2.05) is 26.0 Å². The maximum absolute atomic E-state index is 10.7. The van der Waals surface area contributed by atoms with E-state index >= 15 is 0 Å². The van der Waals surface area contributed by atoms with Crippen molar-refractivity contribution in [1.82, 2.24) is 0 Å². The molecule has 1 unspecified atom stereocenters. The van der Waals surface area contributed by atoms with Gasteiger partial charge in [-0.1, -0.05) is 6.92 Å². The molecule has 1 atom stereocenters. The SMILES string of the molecule is Cc1ccc(C(C)(CN)CC(=O)O)s1. The van der Waals surface area contributed by atoms with Gasteiger partial charge in [-0.3, -0.25) is 4.79 Å². The molecule has 14 heavy (non-hydrogen) atoms. The van der Waals surface area contributed by atoms with Crippen LogP contribution in [0.4, 0.5) is 0 Å². The summed E-state index contributed by atoms with van der Waals surface area (Å²) >= 11 is 1.62. The van der Waals surface area contributed by atoms with Crippen molar-refractivity contribution in [1.29, 1.82) is 0 Å². The Morgan fingerprint density at radius 3 is 2.64 bits per heavy atom. The summed E-state index contributed by atoms with van der Waals surface area (Å²) in [7, 11) is 0. The quantitative estimate of drug-likeness (QED) is 0.801. The molecular weight excluding hydrogens is 198 g/mol. The van der Waals surface area contributed by atoms with Crippen molar-refractivity contribution >= 4 is 17.3 Å². The zero-order valence-corrected chi connectivity index (χ0v) is 9.23. The Hall–Kier alpha value is -0.870. The van der Waals surface area contributed by atoms with Crippen LogP contribution in [0.2, 0.25) is 0 Å². The summed E-state index contributed by atoms with van der Waals surface area (Å²) in [5.74, 6) is -0.802. The number of aryl methyl sites for hydroxylation is 1. The minimum atomic E-state index is -0.802. The topological polar surface area (TPSA) is 63.3 Å². The highest BCUT2D eigenvalue weighted by molar-refractivity contribution is 7.12. The van der Waals surface area contributed by atoms with Gasteiger partial charge in [-0.2, -0.15) is 0 Å². The molecule has 0 saturated carbocycles. The van der Waals surface area contributed by atoms with Gasteiger partial charge in [0.25, 0.3) is 0 Å². The second-order valence-electron chi connectivity index (χ2n) is 3.75. The van der Waals surface area contributed by atoms with Gasteiger partial charge in [-0.15, -0.1) is 11.3 Å². The van der Waals surface area contributed by atoms with Gasteiger partial charge in [-0.05, 0) is 19.1 Å². The Labute approximate surface area is 87.6 Å². The number of hydrogen-bond donors (Lipinski definition) is 2. The first kappa shape index (κ1) is 11.2. The fourth-order valence-corrected chi connectivity index (χ4v) is 2.37. The van der Waals surface area contributed by atoms with Gasteiger partial charge in [0.2, 0.25) is 0 Å². The van der Waals surface area contributed by atoms with E-state index in [2.05, 4.69) is 0 Å². The van der Waals surface area contributed by atoms with E-state index in [4.69, 9.17) is 10.8 Å². The van der Waals surface area contributed by atoms with Crippen LogP contribution in [-0.4, -0.2) is 17.6 Å². The fraction of sp³-hybridized carbons (Fsp3) is 0.500. The minimum absolute atomic E-state index is 0.0868. The van der Waals surface area contributed by atoms with Crippen molar-refractivity contribution in [3.8, 4) is 0 Å². The number of nitrogens with two attached hydrogens (primary N) is 1. The second-order valence-corrected chi connectivity index (χ2v) is 5.03. The van der Waals surface area contributed by atoms with Crippen molar-refractivity contribution in [2.75, 3.05) is 6.54 Å². The molecule has 0 saturated heterocycles. The number of hydrogen-bond acceptors (Lipinski definition) is 3. The summed E-state index contributed by atoms with van der Waals surface area (Å²) in [5, 5.41) is 8.80. The lowest BCUT2D eigenvalue weighted by atomic mass is 9.85. The average Bonchev–Trinajstić information content (AvgIpc) is 2.51. The molecule has 0 aliphatic heterocycles. The van der Waals surface area contributed by atoms with Crippen LogP contribution < -0.4 is 5.73 Å². The molecule has 0 aliphatic carbocycles. The van der Waals surface area contributed by atoms with E-state index in [9.17, 15) is 4.79 Å². The Morgan fingerprint density at radius 1 is 1.64 bits per heavy atom. The largest absolute Gasteiger partial charge is 0.481 e. The normalized spacial score (nSPS) is 15.1. The Balaban J connectivity index is 2.94. The maximum atomic E-state index is 10.7. The van der Waals surface area contributed by atoms with Crippen LogP contribution in [0.5, 0.6) is 0 Å². The highest BCUT2D eigenvalue weighted by atomic mass is 32.1. The van der Waals surface area contributed by atoms with Crippen LogP contribution in [0.1, 0.15) is 23.1 Å². The molecule has 0 fully saturated rings. The highest BCUT2D eigenvalue weighted by Crippen LogP contribution is 2.32. The molecule has 0 amide bonds. The summed E-state index contributed by atoms with van der Waals surface area (Å²) in [5.41, 5.74) is 5.21. The van der Waals surface area contributed by atoms with Crippen LogP contribution in [0, 0.1) is 6.92 Å². The van der Waals surface area contributed by atoms with Crippen LogP contribution in [0.3, 0.4) is 0 Å². The summed E-state index contributed by atoms with van der Waals surface area (Å²) in [4.78, 5) is 12.9. The van der Waals surface area contributed by atoms with Crippen molar-refractivity contribution < 1.29 is 9.90 Å². The Morgan fingerprint density at radius 2 is 2.29 bits per heavy atom. The predicted octanol–water partition coefficient (Wildman–Crippen LogP) is 1.75. The molecule has 0 bridgehead atoms. The predicted molar refractivity (Wildman–Crippen MR) is 57.7 cm³/mol. The lowest BCUT2D eigenvalue weighted by molar-refractivity contribution is -0.138. The third-order valence-corrected chi connectivity index (χ3v) is 3.63. The van der Waals surface area contributed by atoms with Gasteiger partial charge in [-0.25, -0.2) is 0 Å². The molecule has 1 aromatic heterocycles. The van der Waals surface area contributed by atoms with Crippen LogP contribution in [-0.2, 0) is 10.2 Å². The van der Waals surface area contributed by atoms with Crippen LogP contribution >= 0.6 is 11.3 Å². The highest BCUT2D eigenvalue weighted by Gasteiger charge is 2.29. The van der Waals surface area contributed by atoms with Crippen LogP contribution in [0.15, 0.2) is 12.1 Å². The van der Waals surface area contributed by atoms with Gasteiger partial charge < -0.3 is 10.8 Å². The lowest BCUT2D eigenvalue weighted by Crippen LogP contribution is -2.33. The molecule has 0 radical (unpaired) electrons. The number of rotatable bonds is 4. The van der Waals surface area contributed by atoms with E-state index in [0.717, 1.165) is 4.88 Å². The first-order chi connectivity index (χ1) is 6.48. The average molecular weight is 213 g/mol. The van der Waals surface area contributed by atoms with Gasteiger partial charge in [0, 0.05) is 21.7 Å². The first-order valence-electron chi connectivity index (χ1n) is 4.47. The van der Waals surface area contributed by atoms with E-state index in [1.54, 1.807) is 11.3 Å². The van der Waals surface area contributed by atoms with Crippen molar-refractivity contribution in [3.63, 3.8) is 0 Å². The summed E-state index contributed by atoms with van der Waals surface area (Å²) in [6.45, 7) is 4.26. The second kappa shape index (κ2) is 4.11. The van der Waals surface area contributed by atoms with Crippen molar-refractivity contribution in [3.05, 3.63) is 21.9 Å². The van der Waals surface area contributed by atoms with Gasteiger partial charge in [0.15, 0.2) is 0 Å². The first-order valence-corrected chi connectivity index (χ1v) is 5.28. The number of carboxylic acid groups (broad SMARTS) is 1. The maximum Gasteiger partial charge on any atom is 0.304 e. The molecule has 3 N–H and O–H groups in total. The summed E-state index contributed by atoms with van der Waals surface area (Å²) in [6.07, 6.45) is 0.0868. The van der Waals surface area contributed by atoms with Crippen LogP contribution in [0.25, 0.3) is 0 Å². The molecule has 1 aromatic rings. The zero-order valence-electron chi connectivity index (χ0n) is 8.41. The monoisotopic (exact) mass is 213 g/mol. The fourth-order valence-electron chi connectivity index (χ4n) is 1.35. The Bertz CT molecular complexity index is 335. The molecule has 1 heterocycles. The van der Waals surface area contributed by atoms with E-state index in [0.29, 0.717) is 6.54 Å². The molecular formula is C10H15NO2S. The minimum Gasteiger partial charge on any atom is -0.481 e. The van der Waals surface area contributed by atoms with Crippen molar-refractivity contribution in [2.24, 2.45) is 5.73 Å². The number of aliphatic carboxylic acids is 1. The number of carbonyl (C=O) groups is 1.